The van der Waals surface area contributed by atoms with Gasteiger partial charge in [-0.25, -0.2) is 9.97 Å². The Labute approximate surface area is 108 Å². The average Bonchev–Trinajstić information content (AvgIpc) is 2.31. The zero-order valence-corrected chi connectivity index (χ0v) is 11.5. The van der Waals surface area contributed by atoms with Gasteiger partial charge in [-0.2, -0.15) is 0 Å². The Kier molecular flexibility index (Phi) is 5.44. The first kappa shape index (κ1) is 13.1. The maximum atomic E-state index is 11.0. The normalized spacial score (nSPS) is 9.94. The van der Waals surface area contributed by atoms with Crippen LogP contribution in [0.3, 0.4) is 0 Å². The number of carbonyl (C=O) groups excluding carboxylic acids is 1. The summed E-state index contributed by atoms with van der Waals surface area (Å²) < 4.78 is 5.58. The van der Waals surface area contributed by atoms with Gasteiger partial charge < -0.3 is 9.64 Å². The van der Waals surface area contributed by atoms with E-state index in [1.165, 1.54) is 7.11 Å². The van der Waals surface area contributed by atoms with E-state index in [4.69, 9.17) is 0 Å². The minimum absolute atomic E-state index is 0.219. The molecule has 0 spiro atoms. The Morgan fingerprint density at radius 3 is 2.62 bits per heavy atom. The van der Waals surface area contributed by atoms with Gasteiger partial charge >= 0.3 is 5.97 Å². The fraction of sp³-hybridized carbons (Fsp3) is 0.500. The van der Waals surface area contributed by atoms with Crippen molar-refractivity contribution >= 4 is 34.5 Å². The molecule has 0 fully saturated rings. The largest absolute Gasteiger partial charge is 0.469 e. The lowest BCUT2D eigenvalue weighted by Gasteiger charge is -2.19. The molecule has 0 N–H and O–H groups in total. The molecule has 6 heteroatoms. The molecule has 0 aliphatic carbocycles. The van der Waals surface area contributed by atoms with Gasteiger partial charge in [-0.1, -0.05) is 0 Å². The standard InChI is InChI=1S/C10H14IN3O2/c1-3-14(5-4-9(15)16-2)10-12-6-8(11)7-13-10/h6-7H,3-5H2,1-2H3. The van der Waals surface area contributed by atoms with Crippen molar-refractivity contribution < 1.29 is 9.53 Å². The van der Waals surface area contributed by atoms with Gasteiger partial charge in [0.15, 0.2) is 0 Å². The van der Waals surface area contributed by atoms with E-state index in [1.54, 1.807) is 12.4 Å². The summed E-state index contributed by atoms with van der Waals surface area (Å²) in [7, 11) is 1.39. The molecule has 1 aromatic heterocycles. The molecule has 1 rings (SSSR count). The smallest absolute Gasteiger partial charge is 0.307 e. The highest BCUT2D eigenvalue weighted by molar-refractivity contribution is 14.1. The van der Waals surface area contributed by atoms with E-state index in [-0.39, 0.29) is 5.97 Å². The van der Waals surface area contributed by atoms with Crippen LogP contribution >= 0.6 is 22.6 Å². The highest BCUT2D eigenvalue weighted by Gasteiger charge is 2.09. The summed E-state index contributed by atoms with van der Waals surface area (Å²) in [6.45, 7) is 3.33. The summed E-state index contributed by atoms with van der Waals surface area (Å²) in [5, 5.41) is 0. The lowest BCUT2D eigenvalue weighted by Crippen LogP contribution is -2.27. The maximum Gasteiger partial charge on any atom is 0.307 e. The van der Waals surface area contributed by atoms with E-state index in [9.17, 15) is 4.79 Å². The number of anilines is 1. The molecule has 0 aliphatic heterocycles. The number of methoxy groups -OCH3 is 1. The van der Waals surface area contributed by atoms with Crippen LogP contribution in [-0.2, 0) is 9.53 Å². The molecule has 0 aromatic carbocycles. The number of carbonyl (C=O) groups is 1. The highest BCUT2D eigenvalue weighted by atomic mass is 127. The first-order chi connectivity index (χ1) is 7.67. The summed E-state index contributed by atoms with van der Waals surface area (Å²) in [5.41, 5.74) is 0. The third-order valence-electron chi connectivity index (χ3n) is 2.08. The van der Waals surface area contributed by atoms with Gasteiger partial charge in [0.2, 0.25) is 5.95 Å². The van der Waals surface area contributed by atoms with Crippen molar-refractivity contribution in [1.82, 2.24) is 9.97 Å². The molecule has 16 heavy (non-hydrogen) atoms. The molecule has 0 saturated heterocycles. The quantitative estimate of drug-likeness (QED) is 0.603. The third-order valence-corrected chi connectivity index (χ3v) is 2.64. The van der Waals surface area contributed by atoms with Crippen molar-refractivity contribution in [3.63, 3.8) is 0 Å². The van der Waals surface area contributed by atoms with Crippen molar-refractivity contribution in [2.24, 2.45) is 0 Å². The molecule has 5 nitrogen and oxygen atoms in total. The minimum atomic E-state index is -0.219. The Hall–Kier alpha value is -0.920. The monoisotopic (exact) mass is 335 g/mol. The number of hydrogen-bond acceptors (Lipinski definition) is 5. The topological polar surface area (TPSA) is 55.3 Å². The van der Waals surface area contributed by atoms with Gasteiger partial charge in [0.05, 0.1) is 13.5 Å². The van der Waals surface area contributed by atoms with Gasteiger partial charge in [-0.3, -0.25) is 4.79 Å². The minimum Gasteiger partial charge on any atom is -0.469 e. The lowest BCUT2D eigenvalue weighted by atomic mass is 10.4. The average molecular weight is 335 g/mol. The molecule has 0 bridgehead atoms. The van der Waals surface area contributed by atoms with E-state index in [0.717, 1.165) is 10.1 Å². The van der Waals surface area contributed by atoms with Crippen LogP contribution in [0.1, 0.15) is 13.3 Å². The summed E-state index contributed by atoms with van der Waals surface area (Å²) >= 11 is 2.15. The first-order valence-corrected chi connectivity index (χ1v) is 6.04. The summed E-state index contributed by atoms with van der Waals surface area (Å²) in [6, 6.07) is 0. The Morgan fingerprint density at radius 2 is 2.12 bits per heavy atom. The molecular weight excluding hydrogens is 321 g/mol. The lowest BCUT2D eigenvalue weighted by molar-refractivity contribution is -0.140. The van der Waals surface area contributed by atoms with Crippen LogP contribution < -0.4 is 4.90 Å². The van der Waals surface area contributed by atoms with E-state index < -0.39 is 0 Å². The van der Waals surface area contributed by atoms with Crippen LogP contribution in [0.4, 0.5) is 5.95 Å². The van der Waals surface area contributed by atoms with E-state index >= 15 is 0 Å². The number of esters is 1. The Morgan fingerprint density at radius 1 is 1.50 bits per heavy atom. The predicted molar refractivity (Wildman–Crippen MR) is 69.3 cm³/mol. The highest BCUT2D eigenvalue weighted by Crippen LogP contribution is 2.08. The molecular formula is C10H14IN3O2. The fourth-order valence-electron chi connectivity index (χ4n) is 1.20. The second-order valence-electron chi connectivity index (χ2n) is 3.11. The van der Waals surface area contributed by atoms with Crippen molar-refractivity contribution in [2.75, 3.05) is 25.1 Å². The summed E-state index contributed by atoms with van der Waals surface area (Å²) in [6.07, 6.45) is 3.85. The number of hydrogen-bond donors (Lipinski definition) is 0. The van der Waals surface area contributed by atoms with Crippen LogP contribution in [0.5, 0.6) is 0 Å². The van der Waals surface area contributed by atoms with Crippen molar-refractivity contribution in [2.45, 2.75) is 13.3 Å². The first-order valence-electron chi connectivity index (χ1n) is 4.96. The maximum absolute atomic E-state index is 11.0. The summed E-state index contributed by atoms with van der Waals surface area (Å²) in [5.74, 6) is 0.427. The number of ether oxygens (including phenoxy) is 1. The zero-order chi connectivity index (χ0) is 12.0. The van der Waals surface area contributed by atoms with E-state index in [1.807, 2.05) is 11.8 Å². The van der Waals surface area contributed by atoms with Crippen LogP contribution in [0.2, 0.25) is 0 Å². The second-order valence-corrected chi connectivity index (χ2v) is 4.35. The molecule has 0 atom stereocenters. The van der Waals surface area contributed by atoms with Gasteiger partial charge in [-0.05, 0) is 29.5 Å². The molecule has 0 radical (unpaired) electrons. The Bertz CT molecular complexity index is 342. The van der Waals surface area contributed by atoms with Crippen molar-refractivity contribution in [1.29, 1.82) is 0 Å². The van der Waals surface area contributed by atoms with Crippen LogP contribution in [-0.4, -0.2) is 36.1 Å². The molecule has 1 aromatic rings. The van der Waals surface area contributed by atoms with Gasteiger partial charge in [-0.15, -0.1) is 0 Å². The number of aromatic nitrogens is 2. The van der Waals surface area contributed by atoms with Crippen LogP contribution in [0, 0.1) is 3.57 Å². The van der Waals surface area contributed by atoms with E-state index in [0.29, 0.717) is 18.9 Å². The second kappa shape index (κ2) is 6.62. The molecule has 0 amide bonds. The van der Waals surface area contributed by atoms with Gasteiger partial charge in [0.1, 0.15) is 0 Å². The van der Waals surface area contributed by atoms with E-state index in [2.05, 4.69) is 37.3 Å². The van der Waals surface area contributed by atoms with Crippen LogP contribution in [0.15, 0.2) is 12.4 Å². The van der Waals surface area contributed by atoms with Crippen molar-refractivity contribution in [3.05, 3.63) is 16.0 Å². The van der Waals surface area contributed by atoms with Crippen LogP contribution in [0.25, 0.3) is 0 Å². The number of nitrogens with zero attached hydrogens (tertiary/aromatic N) is 3. The number of rotatable bonds is 5. The molecule has 0 saturated carbocycles. The Balaban J connectivity index is 2.60. The SMILES string of the molecule is CCN(CCC(=O)OC)c1ncc(I)cn1. The van der Waals surface area contributed by atoms with Gasteiger partial charge in [0, 0.05) is 29.1 Å². The molecule has 1 heterocycles. The van der Waals surface area contributed by atoms with Gasteiger partial charge in [0.25, 0.3) is 0 Å². The fourth-order valence-corrected chi connectivity index (χ4v) is 1.48. The molecule has 0 unspecified atom stereocenters. The third kappa shape index (κ3) is 3.92. The molecule has 0 aliphatic rings. The zero-order valence-electron chi connectivity index (χ0n) is 9.31. The number of halogens is 1. The van der Waals surface area contributed by atoms with Crippen molar-refractivity contribution in [3.8, 4) is 0 Å². The predicted octanol–water partition coefficient (Wildman–Crippen LogP) is 1.47. The summed E-state index contributed by atoms with van der Waals surface area (Å²) in [4.78, 5) is 21.4. The molecule has 88 valence electrons.